The predicted molar refractivity (Wildman–Crippen MR) is 97.3 cm³/mol. The Hall–Kier alpha value is -1.19. The third-order valence-electron chi connectivity index (χ3n) is 6.07. The molecule has 3 heterocycles. The van der Waals surface area contributed by atoms with Crippen LogP contribution in [0.4, 0.5) is 0 Å². The van der Waals surface area contributed by atoms with Gasteiger partial charge in [0.2, 0.25) is 0 Å². The lowest BCUT2D eigenvalue weighted by molar-refractivity contribution is 0.0973. The largest absolute Gasteiger partial charge is 0.301 e. The Morgan fingerprint density at radius 3 is 2.62 bits per heavy atom. The standard InChI is InChI=1S/C21H30N2O/c24-21(19-5-2-1-3-6-19)7-4-12-22-13-18-10-11-20(16-22)23(15-18)14-17-8-9-17/h1-3,5-6,17-18,20H,4,7-16H2/t18-,20+/m1/s1. The van der Waals surface area contributed by atoms with Gasteiger partial charge in [0.15, 0.2) is 5.78 Å². The lowest BCUT2D eigenvalue weighted by Crippen LogP contribution is -2.44. The van der Waals surface area contributed by atoms with Crippen LogP contribution < -0.4 is 0 Å². The number of hydrogen-bond donors (Lipinski definition) is 0. The molecule has 1 saturated carbocycles. The Morgan fingerprint density at radius 2 is 1.83 bits per heavy atom. The van der Waals surface area contributed by atoms with E-state index < -0.39 is 0 Å². The first kappa shape index (κ1) is 16.3. The van der Waals surface area contributed by atoms with Crippen LogP contribution in [0, 0.1) is 11.8 Å². The molecule has 0 N–H and O–H groups in total. The molecular weight excluding hydrogens is 296 g/mol. The summed E-state index contributed by atoms with van der Waals surface area (Å²) in [5, 5.41) is 0. The Bertz CT molecular complexity index is 554. The van der Waals surface area contributed by atoms with Gasteiger partial charge in [-0.2, -0.15) is 0 Å². The summed E-state index contributed by atoms with van der Waals surface area (Å²) < 4.78 is 0. The summed E-state index contributed by atoms with van der Waals surface area (Å²) in [6, 6.07) is 10.5. The smallest absolute Gasteiger partial charge is 0.162 e. The van der Waals surface area contributed by atoms with E-state index in [9.17, 15) is 4.79 Å². The second-order valence-electron chi connectivity index (χ2n) is 8.15. The minimum atomic E-state index is 0.295. The van der Waals surface area contributed by atoms with Crippen LogP contribution in [0.5, 0.6) is 0 Å². The molecule has 3 heteroatoms. The number of nitrogens with zero attached hydrogens (tertiary/aromatic N) is 2. The number of carbonyl (C=O) groups is 1. The summed E-state index contributed by atoms with van der Waals surface area (Å²) in [6.45, 7) is 6.23. The number of ketones is 1. The zero-order valence-electron chi connectivity index (χ0n) is 14.7. The summed E-state index contributed by atoms with van der Waals surface area (Å²) in [4.78, 5) is 17.7. The number of hydrogen-bond acceptors (Lipinski definition) is 3. The maximum atomic E-state index is 12.2. The van der Waals surface area contributed by atoms with Gasteiger partial charge in [0.25, 0.3) is 0 Å². The van der Waals surface area contributed by atoms with E-state index in [4.69, 9.17) is 0 Å². The van der Waals surface area contributed by atoms with Crippen molar-refractivity contribution < 1.29 is 4.79 Å². The van der Waals surface area contributed by atoms with Gasteiger partial charge in [-0.25, -0.2) is 0 Å². The number of Topliss-reactive ketones (excluding diaryl/α,β-unsaturated/α-hetero) is 1. The maximum Gasteiger partial charge on any atom is 0.162 e. The average molecular weight is 326 g/mol. The van der Waals surface area contributed by atoms with Crippen LogP contribution >= 0.6 is 0 Å². The molecule has 4 aliphatic rings. The first-order chi connectivity index (χ1) is 11.8. The molecule has 0 amide bonds. The molecule has 1 aliphatic carbocycles. The average Bonchev–Trinajstić information content (AvgIpc) is 3.44. The van der Waals surface area contributed by atoms with Crippen LogP contribution in [0.25, 0.3) is 0 Å². The molecule has 0 unspecified atom stereocenters. The van der Waals surface area contributed by atoms with E-state index in [0.717, 1.165) is 36.4 Å². The number of benzene rings is 1. The number of piperidine rings is 1. The topological polar surface area (TPSA) is 23.6 Å². The van der Waals surface area contributed by atoms with E-state index in [1.807, 2.05) is 30.3 Å². The van der Waals surface area contributed by atoms with E-state index in [0.29, 0.717) is 12.2 Å². The zero-order valence-corrected chi connectivity index (χ0v) is 14.7. The number of rotatable bonds is 7. The van der Waals surface area contributed by atoms with Crippen molar-refractivity contribution >= 4 is 5.78 Å². The molecular formula is C21H30N2O. The van der Waals surface area contributed by atoms with Crippen LogP contribution in [0.3, 0.4) is 0 Å². The Kier molecular flexibility index (Phi) is 5.00. The molecule has 2 bridgehead atoms. The third kappa shape index (κ3) is 4.07. The van der Waals surface area contributed by atoms with Crippen molar-refractivity contribution in [3.8, 4) is 0 Å². The zero-order chi connectivity index (χ0) is 16.4. The molecule has 4 fully saturated rings. The number of fused-ring (bicyclic) bond motifs is 4. The highest BCUT2D eigenvalue weighted by molar-refractivity contribution is 5.95. The number of carbonyl (C=O) groups excluding carboxylic acids is 1. The van der Waals surface area contributed by atoms with Gasteiger partial charge in [-0.15, -0.1) is 0 Å². The van der Waals surface area contributed by atoms with Crippen molar-refractivity contribution in [2.45, 2.75) is 44.6 Å². The van der Waals surface area contributed by atoms with Crippen molar-refractivity contribution in [1.29, 1.82) is 0 Å². The van der Waals surface area contributed by atoms with E-state index in [-0.39, 0.29) is 0 Å². The van der Waals surface area contributed by atoms with Gasteiger partial charge < -0.3 is 4.90 Å². The quantitative estimate of drug-likeness (QED) is 0.717. The van der Waals surface area contributed by atoms with E-state index >= 15 is 0 Å². The molecule has 1 aromatic rings. The second kappa shape index (κ2) is 7.37. The van der Waals surface area contributed by atoms with Crippen LogP contribution in [0.15, 0.2) is 30.3 Å². The van der Waals surface area contributed by atoms with E-state index in [1.54, 1.807) is 0 Å². The summed E-state index contributed by atoms with van der Waals surface area (Å²) in [5.74, 6) is 2.15. The third-order valence-corrected chi connectivity index (χ3v) is 6.07. The molecule has 2 atom stereocenters. The molecule has 130 valence electrons. The lowest BCUT2D eigenvalue weighted by atomic mass is 9.95. The first-order valence-electron chi connectivity index (χ1n) is 9.82. The van der Waals surface area contributed by atoms with Crippen molar-refractivity contribution in [3.05, 3.63) is 35.9 Å². The summed E-state index contributed by atoms with van der Waals surface area (Å²) in [6.07, 6.45) is 7.39. The molecule has 24 heavy (non-hydrogen) atoms. The fraction of sp³-hybridized carbons (Fsp3) is 0.667. The van der Waals surface area contributed by atoms with Crippen LogP contribution in [-0.4, -0.2) is 54.3 Å². The maximum absolute atomic E-state index is 12.2. The lowest BCUT2D eigenvalue weighted by Gasteiger charge is -2.36. The molecule has 3 aliphatic heterocycles. The highest BCUT2D eigenvalue weighted by Gasteiger charge is 2.36. The van der Waals surface area contributed by atoms with Gasteiger partial charge in [-0.1, -0.05) is 30.3 Å². The summed E-state index contributed by atoms with van der Waals surface area (Å²) in [5.41, 5.74) is 0.865. The fourth-order valence-electron chi connectivity index (χ4n) is 4.55. The van der Waals surface area contributed by atoms with Crippen molar-refractivity contribution in [3.63, 3.8) is 0 Å². The fourth-order valence-corrected chi connectivity index (χ4v) is 4.55. The highest BCUT2D eigenvalue weighted by Crippen LogP contribution is 2.34. The minimum absolute atomic E-state index is 0.295. The normalized spacial score (nSPS) is 28.0. The molecule has 0 aromatic heterocycles. The van der Waals surface area contributed by atoms with Crippen molar-refractivity contribution in [2.24, 2.45) is 11.8 Å². The molecule has 1 aromatic carbocycles. The van der Waals surface area contributed by atoms with Gasteiger partial charge in [-0.3, -0.25) is 9.69 Å². The Labute approximate surface area is 146 Å². The monoisotopic (exact) mass is 326 g/mol. The van der Waals surface area contributed by atoms with Gasteiger partial charge in [0, 0.05) is 44.2 Å². The van der Waals surface area contributed by atoms with E-state index in [2.05, 4.69) is 9.80 Å². The minimum Gasteiger partial charge on any atom is -0.301 e. The molecule has 3 nitrogen and oxygen atoms in total. The van der Waals surface area contributed by atoms with Gasteiger partial charge >= 0.3 is 0 Å². The van der Waals surface area contributed by atoms with Crippen LogP contribution in [-0.2, 0) is 0 Å². The van der Waals surface area contributed by atoms with E-state index in [1.165, 1.54) is 51.9 Å². The SMILES string of the molecule is O=C(CCCN1C[C@H]2CC[C@@H](C1)N(CC1CC1)C2)c1ccccc1. The highest BCUT2D eigenvalue weighted by atomic mass is 16.1. The predicted octanol–water partition coefficient (Wildman–Crippen LogP) is 3.46. The molecule has 0 radical (unpaired) electrons. The Morgan fingerprint density at radius 1 is 1.00 bits per heavy atom. The van der Waals surface area contributed by atoms with Crippen molar-refractivity contribution in [2.75, 3.05) is 32.7 Å². The Balaban J connectivity index is 1.26. The molecule has 5 rings (SSSR count). The van der Waals surface area contributed by atoms with Gasteiger partial charge in [0.1, 0.15) is 0 Å². The van der Waals surface area contributed by atoms with Gasteiger partial charge in [-0.05, 0) is 50.5 Å². The summed E-state index contributed by atoms with van der Waals surface area (Å²) in [7, 11) is 0. The summed E-state index contributed by atoms with van der Waals surface area (Å²) >= 11 is 0. The van der Waals surface area contributed by atoms with Crippen LogP contribution in [0.2, 0.25) is 0 Å². The molecule has 3 saturated heterocycles. The van der Waals surface area contributed by atoms with Gasteiger partial charge in [0.05, 0.1) is 0 Å². The van der Waals surface area contributed by atoms with Crippen LogP contribution in [0.1, 0.15) is 48.9 Å². The second-order valence-corrected chi connectivity index (χ2v) is 8.15. The molecule has 0 spiro atoms. The van der Waals surface area contributed by atoms with Crippen molar-refractivity contribution in [1.82, 2.24) is 9.80 Å². The first-order valence-corrected chi connectivity index (χ1v) is 9.82.